The molecule has 0 spiro atoms. The van der Waals surface area contributed by atoms with E-state index in [1.54, 1.807) is 24.3 Å². The van der Waals surface area contributed by atoms with Crippen LogP contribution in [-0.2, 0) is 0 Å². The van der Waals surface area contributed by atoms with E-state index in [9.17, 15) is 13.6 Å². The molecule has 2 amide bonds. The molecule has 1 aliphatic carbocycles. The lowest BCUT2D eigenvalue weighted by molar-refractivity contribution is 0.141. The molecule has 132 valence electrons. The second-order valence-electron chi connectivity index (χ2n) is 6.15. The van der Waals surface area contributed by atoms with Crippen LogP contribution in [0.15, 0.2) is 48.5 Å². The van der Waals surface area contributed by atoms with Gasteiger partial charge in [0.15, 0.2) is 0 Å². The zero-order valence-electron chi connectivity index (χ0n) is 13.7. The van der Waals surface area contributed by atoms with Gasteiger partial charge in [0.1, 0.15) is 17.4 Å². The largest absolute Gasteiger partial charge is 0.490 e. The second-order valence-corrected chi connectivity index (χ2v) is 6.15. The van der Waals surface area contributed by atoms with Gasteiger partial charge >= 0.3 is 6.03 Å². The van der Waals surface area contributed by atoms with Crippen molar-refractivity contribution in [3.8, 4) is 5.75 Å². The molecule has 1 saturated carbocycles. The summed E-state index contributed by atoms with van der Waals surface area (Å²) in [6, 6.07) is 11.5. The first kappa shape index (κ1) is 17.2. The summed E-state index contributed by atoms with van der Waals surface area (Å²) in [5.74, 6) is -0.0255. The average molecular weight is 346 g/mol. The first-order chi connectivity index (χ1) is 12.1. The zero-order valence-corrected chi connectivity index (χ0v) is 13.7. The number of urea groups is 1. The Kier molecular flexibility index (Phi) is 5.48. The van der Waals surface area contributed by atoms with Crippen molar-refractivity contribution in [1.29, 1.82) is 0 Å². The highest BCUT2D eigenvalue weighted by molar-refractivity contribution is 5.89. The molecular weight excluding hydrogens is 326 g/mol. The maximum atomic E-state index is 13.1. The Bertz CT molecular complexity index is 714. The monoisotopic (exact) mass is 346 g/mol. The predicted molar refractivity (Wildman–Crippen MR) is 91.6 cm³/mol. The van der Waals surface area contributed by atoms with Crippen molar-refractivity contribution in [2.45, 2.75) is 37.8 Å². The number of anilines is 1. The first-order valence-electron chi connectivity index (χ1n) is 8.34. The van der Waals surface area contributed by atoms with Crippen LogP contribution < -0.4 is 15.4 Å². The lowest BCUT2D eigenvalue weighted by atomic mass is 9.93. The molecule has 1 fully saturated rings. The van der Waals surface area contributed by atoms with Crippen LogP contribution in [0, 0.1) is 11.6 Å². The minimum Gasteiger partial charge on any atom is -0.490 e. The van der Waals surface area contributed by atoms with Crippen molar-refractivity contribution in [2.24, 2.45) is 0 Å². The third kappa shape index (κ3) is 5.17. The van der Waals surface area contributed by atoms with Crippen LogP contribution in [0.5, 0.6) is 5.75 Å². The van der Waals surface area contributed by atoms with Gasteiger partial charge in [0.2, 0.25) is 0 Å². The molecule has 0 aromatic heterocycles. The van der Waals surface area contributed by atoms with Crippen molar-refractivity contribution in [3.63, 3.8) is 0 Å². The van der Waals surface area contributed by atoms with E-state index in [0.717, 1.165) is 25.7 Å². The number of hydrogen-bond acceptors (Lipinski definition) is 2. The molecule has 1 aliphatic rings. The topological polar surface area (TPSA) is 50.4 Å². The highest BCUT2D eigenvalue weighted by Gasteiger charge is 2.23. The van der Waals surface area contributed by atoms with Gasteiger partial charge in [-0.1, -0.05) is 6.07 Å². The zero-order chi connectivity index (χ0) is 17.6. The number of amides is 2. The summed E-state index contributed by atoms with van der Waals surface area (Å²) in [5.41, 5.74) is 0.422. The van der Waals surface area contributed by atoms with Crippen molar-refractivity contribution in [3.05, 3.63) is 60.2 Å². The standard InChI is InChI=1S/C19H20F2N2O2/c20-13-4-8-17(9-5-13)25-18-10-6-15(7-11-18)22-19(24)23-16-3-1-2-14(21)12-16/h1-5,8-9,12,15,18H,6-7,10-11H2,(H2,22,23,24)/t15-,18+. The highest BCUT2D eigenvalue weighted by Crippen LogP contribution is 2.24. The number of carbonyl (C=O) groups is 1. The van der Waals surface area contributed by atoms with Gasteiger partial charge in [-0.2, -0.15) is 0 Å². The Morgan fingerprint density at radius 3 is 2.36 bits per heavy atom. The number of hydrogen-bond donors (Lipinski definition) is 2. The molecule has 0 heterocycles. The first-order valence-corrected chi connectivity index (χ1v) is 8.34. The van der Waals surface area contributed by atoms with Crippen LogP contribution >= 0.6 is 0 Å². The molecule has 4 nitrogen and oxygen atoms in total. The van der Waals surface area contributed by atoms with E-state index >= 15 is 0 Å². The molecule has 0 saturated heterocycles. The Balaban J connectivity index is 1.42. The number of nitrogens with one attached hydrogen (secondary N) is 2. The molecule has 2 aromatic carbocycles. The Hall–Kier alpha value is -2.63. The summed E-state index contributed by atoms with van der Waals surface area (Å²) >= 11 is 0. The van der Waals surface area contributed by atoms with Crippen LogP contribution in [-0.4, -0.2) is 18.2 Å². The average Bonchev–Trinajstić information content (AvgIpc) is 2.59. The van der Waals surface area contributed by atoms with Gasteiger partial charge in [-0.15, -0.1) is 0 Å². The fourth-order valence-corrected chi connectivity index (χ4v) is 2.95. The van der Waals surface area contributed by atoms with E-state index in [1.807, 2.05) is 0 Å². The van der Waals surface area contributed by atoms with Crippen LogP contribution in [0.2, 0.25) is 0 Å². The van der Waals surface area contributed by atoms with E-state index in [-0.39, 0.29) is 24.0 Å². The van der Waals surface area contributed by atoms with E-state index in [0.29, 0.717) is 11.4 Å². The van der Waals surface area contributed by atoms with Crippen molar-refractivity contribution in [1.82, 2.24) is 5.32 Å². The molecule has 2 aromatic rings. The van der Waals surface area contributed by atoms with Crippen LogP contribution in [0.4, 0.5) is 19.3 Å². The van der Waals surface area contributed by atoms with E-state index < -0.39 is 5.82 Å². The van der Waals surface area contributed by atoms with E-state index in [1.165, 1.54) is 24.3 Å². The Morgan fingerprint density at radius 1 is 0.960 bits per heavy atom. The quantitative estimate of drug-likeness (QED) is 0.858. The van der Waals surface area contributed by atoms with Gasteiger partial charge < -0.3 is 15.4 Å². The van der Waals surface area contributed by atoms with Crippen molar-refractivity contribution >= 4 is 11.7 Å². The maximum absolute atomic E-state index is 13.1. The van der Waals surface area contributed by atoms with Gasteiger partial charge in [0, 0.05) is 11.7 Å². The van der Waals surface area contributed by atoms with Gasteiger partial charge in [0.25, 0.3) is 0 Å². The molecule has 0 atom stereocenters. The van der Waals surface area contributed by atoms with Gasteiger partial charge in [-0.3, -0.25) is 0 Å². The van der Waals surface area contributed by atoms with Crippen LogP contribution in [0.3, 0.4) is 0 Å². The fraction of sp³-hybridized carbons (Fsp3) is 0.316. The Morgan fingerprint density at radius 2 is 1.68 bits per heavy atom. The number of benzene rings is 2. The van der Waals surface area contributed by atoms with Gasteiger partial charge in [-0.05, 0) is 68.1 Å². The molecule has 0 unspecified atom stereocenters. The number of carbonyl (C=O) groups excluding carboxylic acids is 1. The van der Waals surface area contributed by atoms with Crippen molar-refractivity contribution < 1.29 is 18.3 Å². The summed E-state index contributed by atoms with van der Waals surface area (Å²) in [5, 5.41) is 5.53. The molecular formula is C19H20F2N2O2. The Labute approximate surface area is 145 Å². The molecule has 3 rings (SSSR count). The molecule has 0 bridgehead atoms. The summed E-state index contributed by atoms with van der Waals surface area (Å²) in [7, 11) is 0. The number of halogens is 2. The highest BCUT2D eigenvalue weighted by atomic mass is 19.1. The van der Waals surface area contributed by atoms with Crippen LogP contribution in [0.1, 0.15) is 25.7 Å². The third-order valence-electron chi connectivity index (χ3n) is 4.21. The molecule has 25 heavy (non-hydrogen) atoms. The minimum absolute atomic E-state index is 0.0571. The van der Waals surface area contributed by atoms with Gasteiger partial charge in [-0.25, -0.2) is 13.6 Å². The van der Waals surface area contributed by atoms with Crippen LogP contribution in [0.25, 0.3) is 0 Å². The molecule has 2 N–H and O–H groups in total. The van der Waals surface area contributed by atoms with Gasteiger partial charge in [0.05, 0.1) is 6.10 Å². The number of ether oxygens (including phenoxy) is 1. The minimum atomic E-state index is -0.392. The lowest BCUT2D eigenvalue weighted by Crippen LogP contribution is -2.41. The van der Waals surface area contributed by atoms with E-state index in [2.05, 4.69) is 10.6 Å². The maximum Gasteiger partial charge on any atom is 0.319 e. The third-order valence-corrected chi connectivity index (χ3v) is 4.21. The summed E-state index contributed by atoms with van der Waals surface area (Å²) in [6.07, 6.45) is 3.27. The summed E-state index contributed by atoms with van der Waals surface area (Å²) < 4.78 is 31.8. The molecule has 6 heteroatoms. The SMILES string of the molecule is O=C(Nc1cccc(F)c1)N[C@H]1CC[C@@H](Oc2ccc(F)cc2)CC1. The predicted octanol–water partition coefficient (Wildman–Crippen LogP) is 4.48. The number of rotatable bonds is 4. The molecule has 0 aliphatic heterocycles. The van der Waals surface area contributed by atoms with Crippen molar-refractivity contribution in [2.75, 3.05) is 5.32 Å². The summed E-state index contributed by atoms with van der Waals surface area (Å²) in [4.78, 5) is 12.0. The normalized spacial score (nSPS) is 19.9. The fourth-order valence-electron chi connectivity index (χ4n) is 2.95. The lowest BCUT2D eigenvalue weighted by Gasteiger charge is -2.29. The van der Waals surface area contributed by atoms with E-state index in [4.69, 9.17) is 4.74 Å². The summed E-state index contributed by atoms with van der Waals surface area (Å²) in [6.45, 7) is 0. The molecule has 0 radical (unpaired) electrons. The second kappa shape index (κ2) is 7.96. The smallest absolute Gasteiger partial charge is 0.319 e.